The van der Waals surface area contributed by atoms with Crippen LogP contribution in [-0.2, 0) is 17.8 Å². The average Bonchev–Trinajstić information content (AvgIpc) is 2.88. The van der Waals surface area contributed by atoms with Crippen LogP contribution in [0.2, 0.25) is 5.02 Å². The molecular weight excluding hydrogens is 262 g/mol. The molecule has 2 aliphatic rings. The number of hydrogen-bond acceptors (Lipinski definition) is 3. The van der Waals surface area contributed by atoms with Gasteiger partial charge in [-0.2, -0.15) is 0 Å². The molecule has 0 amide bonds. The molecule has 0 saturated carbocycles. The third-order valence-corrected chi connectivity index (χ3v) is 4.03. The molecule has 1 aromatic carbocycles. The van der Waals surface area contributed by atoms with Crippen molar-refractivity contribution in [2.24, 2.45) is 0 Å². The van der Waals surface area contributed by atoms with Gasteiger partial charge in [-0.25, -0.2) is 0 Å². The molecule has 0 bridgehead atoms. The molecule has 1 aromatic rings. The lowest BCUT2D eigenvalue weighted by Gasteiger charge is -2.23. The number of hydrogen-bond donors (Lipinski definition) is 1. The zero-order valence-electron chi connectivity index (χ0n) is 11.1. The second-order valence-electron chi connectivity index (χ2n) is 5.31. The van der Waals surface area contributed by atoms with E-state index < -0.39 is 0 Å². The fraction of sp³-hybridized carbons (Fsp3) is 0.600. The molecule has 1 atom stereocenters. The van der Waals surface area contributed by atoms with Crippen LogP contribution in [0.4, 0.5) is 0 Å². The molecule has 1 unspecified atom stereocenters. The van der Waals surface area contributed by atoms with Crippen LogP contribution < -0.4 is 10.1 Å². The summed E-state index contributed by atoms with van der Waals surface area (Å²) in [5.74, 6) is 0.987. The summed E-state index contributed by atoms with van der Waals surface area (Å²) in [6.07, 6.45) is 4.75. The molecule has 0 radical (unpaired) electrons. The molecule has 0 aliphatic carbocycles. The molecule has 4 heteroatoms. The normalized spacial score (nSPS) is 22.1. The molecular formula is C15H20ClNO2. The zero-order valence-corrected chi connectivity index (χ0v) is 11.8. The summed E-state index contributed by atoms with van der Waals surface area (Å²) in [5.41, 5.74) is 2.29. The Labute approximate surface area is 119 Å². The van der Waals surface area contributed by atoms with E-state index in [1.54, 1.807) is 0 Å². The van der Waals surface area contributed by atoms with E-state index in [9.17, 15) is 0 Å². The molecule has 1 saturated heterocycles. The molecule has 3 nitrogen and oxygen atoms in total. The molecule has 104 valence electrons. The number of piperidine rings is 1. The van der Waals surface area contributed by atoms with E-state index in [0.29, 0.717) is 12.6 Å². The lowest BCUT2D eigenvalue weighted by Crippen LogP contribution is -2.37. The summed E-state index contributed by atoms with van der Waals surface area (Å²) in [4.78, 5) is 0. The van der Waals surface area contributed by atoms with Crippen molar-refractivity contribution < 1.29 is 9.47 Å². The molecule has 0 spiro atoms. The van der Waals surface area contributed by atoms with Gasteiger partial charge >= 0.3 is 0 Å². The van der Waals surface area contributed by atoms with E-state index in [1.807, 2.05) is 12.1 Å². The highest BCUT2D eigenvalue weighted by atomic mass is 35.5. The fourth-order valence-corrected chi connectivity index (χ4v) is 3.09. The van der Waals surface area contributed by atoms with Gasteiger partial charge in [-0.15, -0.1) is 0 Å². The Balaban J connectivity index is 1.57. The van der Waals surface area contributed by atoms with Crippen LogP contribution in [0, 0.1) is 0 Å². The first-order valence-corrected chi connectivity index (χ1v) is 7.46. The number of rotatable bonds is 4. The van der Waals surface area contributed by atoms with Crippen molar-refractivity contribution in [2.75, 3.05) is 19.8 Å². The Morgan fingerprint density at radius 1 is 1.37 bits per heavy atom. The molecule has 3 rings (SSSR count). The van der Waals surface area contributed by atoms with E-state index in [4.69, 9.17) is 21.1 Å². The third-order valence-electron chi connectivity index (χ3n) is 3.81. The van der Waals surface area contributed by atoms with Crippen LogP contribution in [0.1, 0.15) is 30.4 Å². The third kappa shape index (κ3) is 3.22. The quantitative estimate of drug-likeness (QED) is 0.920. The Bertz CT molecular complexity index is 444. The van der Waals surface area contributed by atoms with Crippen molar-refractivity contribution >= 4 is 11.6 Å². The minimum atomic E-state index is 0.502. The Kier molecular flexibility index (Phi) is 4.26. The van der Waals surface area contributed by atoms with Gasteiger partial charge in [0.15, 0.2) is 0 Å². The SMILES string of the molecule is Clc1cc2c(c(COCC3CCCCN3)c1)OCC2. The number of ether oxygens (including phenoxy) is 2. The summed E-state index contributed by atoms with van der Waals surface area (Å²) in [7, 11) is 0. The Hall–Kier alpha value is -0.770. The van der Waals surface area contributed by atoms with E-state index in [0.717, 1.165) is 42.5 Å². The first-order chi connectivity index (χ1) is 9.33. The molecule has 1 N–H and O–H groups in total. The second-order valence-corrected chi connectivity index (χ2v) is 5.75. The van der Waals surface area contributed by atoms with Crippen molar-refractivity contribution in [3.05, 3.63) is 28.3 Å². The van der Waals surface area contributed by atoms with E-state index in [1.165, 1.54) is 24.8 Å². The summed E-state index contributed by atoms with van der Waals surface area (Å²) < 4.78 is 11.5. The average molecular weight is 282 g/mol. The highest BCUT2D eigenvalue weighted by Crippen LogP contribution is 2.33. The first kappa shape index (κ1) is 13.2. The Morgan fingerprint density at radius 3 is 3.16 bits per heavy atom. The first-order valence-electron chi connectivity index (χ1n) is 7.08. The van der Waals surface area contributed by atoms with Crippen molar-refractivity contribution in [3.8, 4) is 5.75 Å². The van der Waals surface area contributed by atoms with Crippen LogP contribution in [0.3, 0.4) is 0 Å². The van der Waals surface area contributed by atoms with Gasteiger partial charge in [-0.05, 0) is 37.1 Å². The predicted octanol–water partition coefficient (Wildman–Crippen LogP) is 2.93. The highest BCUT2D eigenvalue weighted by molar-refractivity contribution is 6.30. The minimum Gasteiger partial charge on any atom is -0.493 e. The van der Waals surface area contributed by atoms with Crippen LogP contribution in [0.5, 0.6) is 5.75 Å². The summed E-state index contributed by atoms with van der Waals surface area (Å²) in [6, 6.07) is 4.46. The number of fused-ring (bicyclic) bond motifs is 1. The van der Waals surface area contributed by atoms with Gasteiger partial charge in [0.25, 0.3) is 0 Å². The lowest BCUT2D eigenvalue weighted by atomic mass is 10.1. The van der Waals surface area contributed by atoms with Crippen LogP contribution in [-0.4, -0.2) is 25.8 Å². The zero-order chi connectivity index (χ0) is 13.1. The standard InChI is InChI=1S/C15H20ClNO2/c16-13-7-11-4-6-19-15(11)12(8-13)9-18-10-14-3-1-2-5-17-14/h7-8,14,17H,1-6,9-10H2. The maximum Gasteiger partial charge on any atom is 0.128 e. The monoisotopic (exact) mass is 281 g/mol. The van der Waals surface area contributed by atoms with Gasteiger partial charge in [-0.1, -0.05) is 18.0 Å². The highest BCUT2D eigenvalue weighted by Gasteiger charge is 2.18. The summed E-state index contributed by atoms with van der Waals surface area (Å²) in [5, 5.41) is 4.26. The van der Waals surface area contributed by atoms with Gasteiger partial charge in [0.1, 0.15) is 5.75 Å². The van der Waals surface area contributed by atoms with Crippen molar-refractivity contribution in [2.45, 2.75) is 38.3 Å². The molecule has 2 aliphatic heterocycles. The smallest absolute Gasteiger partial charge is 0.128 e. The van der Waals surface area contributed by atoms with Crippen molar-refractivity contribution in [1.82, 2.24) is 5.32 Å². The number of halogens is 1. The van der Waals surface area contributed by atoms with E-state index in [2.05, 4.69) is 5.32 Å². The van der Waals surface area contributed by atoms with Gasteiger partial charge in [0.2, 0.25) is 0 Å². The Morgan fingerprint density at radius 2 is 2.32 bits per heavy atom. The molecule has 1 fully saturated rings. The van der Waals surface area contributed by atoms with Crippen molar-refractivity contribution in [1.29, 1.82) is 0 Å². The minimum absolute atomic E-state index is 0.502. The predicted molar refractivity (Wildman–Crippen MR) is 75.9 cm³/mol. The molecule has 0 aromatic heterocycles. The van der Waals surface area contributed by atoms with E-state index >= 15 is 0 Å². The topological polar surface area (TPSA) is 30.5 Å². The van der Waals surface area contributed by atoms with Crippen LogP contribution in [0.25, 0.3) is 0 Å². The summed E-state index contributed by atoms with van der Waals surface area (Å²) in [6.45, 7) is 3.22. The largest absolute Gasteiger partial charge is 0.493 e. The van der Waals surface area contributed by atoms with Crippen LogP contribution in [0.15, 0.2) is 12.1 Å². The fourth-order valence-electron chi connectivity index (χ4n) is 2.83. The van der Waals surface area contributed by atoms with Gasteiger partial charge in [0.05, 0.1) is 19.8 Å². The number of nitrogens with one attached hydrogen (secondary N) is 1. The lowest BCUT2D eigenvalue weighted by molar-refractivity contribution is 0.0897. The molecule has 19 heavy (non-hydrogen) atoms. The maximum absolute atomic E-state index is 6.13. The maximum atomic E-state index is 6.13. The summed E-state index contributed by atoms with van der Waals surface area (Å²) >= 11 is 6.13. The number of benzene rings is 1. The van der Waals surface area contributed by atoms with Gasteiger partial charge in [-0.3, -0.25) is 0 Å². The van der Waals surface area contributed by atoms with Crippen LogP contribution >= 0.6 is 11.6 Å². The van der Waals surface area contributed by atoms with Gasteiger partial charge in [0, 0.05) is 23.0 Å². The van der Waals surface area contributed by atoms with Crippen molar-refractivity contribution in [3.63, 3.8) is 0 Å². The molecule has 2 heterocycles. The van der Waals surface area contributed by atoms with E-state index in [-0.39, 0.29) is 0 Å². The van der Waals surface area contributed by atoms with Gasteiger partial charge < -0.3 is 14.8 Å². The second kappa shape index (κ2) is 6.12.